The van der Waals surface area contributed by atoms with Crippen molar-refractivity contribution in [1.29, 1.82) is 0 Å². The molecule has 3 saturated carbocycles. The van der Waals surface area contributed by atoms with E-state index in [1.165, 1.54) is 44.9 Å². The minimum Gasteiger partial charge on any atom is -0.353 e. The highest BCUT2D eigenvalue weighted by atomic mass is 35.5. The van der Waals surface area contributed by atoms with E-state index in [-0.39, 0.29) is 30.3 Å². The molecule has 0 aromatic heterocycles. The molecule has 2 bridgehead atoms. The van der Waals surface area contributed by atoms with Crippen LogP contribution in [-0.4, -0.2) is 18.0 Å². The van der Waals surface area contributed by atoms with Gasteiger partial charge in [0.2, 0.25) is 5.91 Å². The zero-order chi connectivity index (χ0) is 13.4. The number of hydrogen-bond acceptors (Lipinski definition) is 2. The van der Waals surface area contributed by atoms with Gasteiger partial charge in [0, 0.05) is 12.1 Å². The van der Waals surface area contributed by atoms with E-state index < -0.39 is 0 Å². The first kappa shape index (κ1) is 16.1. The molecule has 3 fully saturated rings. The van der Waals surface area contributed by atoms with Crippen molar-refractivity contribution in [3.8, 4) is 0 Å². The minimum atomic E-state index is 0. The van der Waals surface area contributed by atoms with Crippen LogP contribution in [0.4, 0.5) is 0 Å². The lowest BCUT2D eigenvalue weighted by molar-refractivity contribution is -0.128. The molecule has 116 valence electrons. The summed E-state index contributed by atoms with van der Waals surface area (Å²) in [5.74, 6) is 2.39. The second-order valence-corrected chi connectivity index (χ2v) is 7.08. The highest BCUT2D eigenvalue weighted by Gasteiger charge is 2.49. The van der Waals surface area contributed by atoms with Gasteiger partial charge in [-0.3, -0.25) is 4.79 Å². The lowest BCUT2D eigenvalue weighted by atomic mass is 9.82. The summed E-state index contributed by atoms with van der Waals surface area (Å²) in [5, 5.41) is 3.32. The highest BCUT2D eigenvalue weighted by Crippen LogP contribution is 2.47. The monoisotopic (exact) mass is 300 g/mol. The summed E-state index contributed by atoms with van der Waals surface area (Å²) >= 11 is 0. The molecule has 0 aromatic carbocycles. The highest BCUT2D eigenvalue weighted by molar-refractivity contribution is 5.85. The number of carbonyl (C=O) groups is 1. The van der Waals surface area contributed by atoms with Gasteiger partial charge in [0.1, 0.15) is 0 Å². The number of amides is 1. The third-order valence-electron chi connectivity index (χ3n) is 5.99. The zero-order valence-electron chi connectivity index (χ0n) is 12.5. The molecule has 1 amide bonds. The number of nitrogens with two attached hydrogens (primary N) is 1. The molecular formula is C16H29ClN2O. The number of halogens is 1. The molecule has 0 heterocycles. The number of fused-ring (bicyclic) bond motifs is 2. The first-order valence-corrected chi connectivity index (χ1v) is 8.25. The Bertz CT molecular complexity index is 347. The summed E-state index contributed by atoms with van der Waals surface area (Å²) in [5.41, 5.74) is 6.26. The van der Waals surface area contributed by atoms with Gasteiger partial charge in [-0.25, -0.2) is 0 Å². The molecule has 0 radical (unpaired) electrons. The van der Waals surface area contributed by atoms with Crippen LogP contribution in [0.3, 0.4) is 0 Å². The molecular weight excluding hydrogens is 272 g/mol. The Hall–Kier alpha value is -0.280. The van der Waals surface area contributed by atoms with E-state index in [2.05, 4.69) is 12.2 Å². The third kappa shape index (κ3) is 2.99. The van der Waals surface area contributed by atoms with Crippen LogP contribution in [0.5, 0.6) is 0 Å². The molecule has 6 atom stereocenters. The standard InChI is InChI=1S/C16H28N2O.ClH/c1-2-10-4-3-5-13(8-10)18-16(19)14-11-6-7-12(9-11)15(14)17;/h10-15H,2-9,17H2,1H3,(H,18,19);1H. The summed E-state index contributed by atoms with van der Waals surface area (Å²) in [6, 6.07) is 0.543. The van der Waals surface area contributed by atoms with Crippen LogP contribution in [0.25, 0.3) is 0 Å². The molecule has 0 aromatic rings. The molecule has 3 rings (SSSR count). The lowest BCUT2D eigenvalue weighted by Gasteiger charge is -2.32. The van der Waals surface area contributed by atoms with E-state index in [0.717, 1.165) is 12.3 Å². The van der Waals surface area contributed by atoms with Crippen LogP contribution >= 0.6 is 12.4 Å². The molecule has 0 spiro atoms. The molecule has 0 saturated heterocycles. The lowest BCUT2D eigenvalue weighted by Crippen LogP contribution is -2.49. The smallest absolute Gasteiger partial charge is 0.225 e. The van der Waals surface area contributed by atoms with Gasteiger partial charge in [0.25, 0.3) is 0 Å². The predicted molar refractivity (Wildman–Crippen MR) is 83.7 cm³/mol. The molecule has 0 aliphatic heterocycles. The van der Waals surface area contributed by atoms with Crippen molar-refractivity contribution in [3.63, 3.8) is 0 Å². The van der Waals surface area contributed by atoms with Crippen molar-refractivity contribution >= 4 is 18.3 Å². The Labute approximate surface area is 128 Å². The van der Waals surface area contributed by atoms with Gasteiger partial charge < -0.3 is 11.1 Å². The molecule has 4 heteroatoms. The molecule has 20 heavy (non-hydrogen) atoms. The van der Waals surface area contributed by atoms with Crippen LogP contribution < -0.4 is 11.1 Å². The second-order valence-electron chi connectivity index (χ2n) is 7.08. The van der Waals surface area contributed by atoms with Crippen molar-refractivity contribution in [2.45, 2.75) is 70.4 Å². The Morgan fingerprint density at radius 3 is 2.55 bits per heavy atom. The molecule has 3 nitrogen and oxygen atoms in total. The summed E-state index contributed by atoms with van der Waals surface area (Å²) in [7, 11) is 0. The fraction of sp³-hybridized carbons (Fsp3) is 0.938. The van der Waals surface area contributed by atoms with Crippen LogP contribution in [0.2, 0.25) is 0 Å². The molecule has 6 unspecified atom stereocenters. The second kappa shape index (κ2) is 6.65. The van der Waals surface area contributed by atoms with Crippen molar-refractivity contribution in [1.82, 2.24) is 5.32 Å². The van der Waals surface area contributed by atoms with E-state index >= 15 is 0 Å². The first-order valence-electron chi connectivity index (χ1n) is 8.25. The van der Waals surface area contributed by atoms with Crippen LogP contribution in [0.1, 0.15) is 58.3 Å². The van der Waals surface area contributed by atoms with E-state index in [0.29, 0.717) is 17.9 Å². The van der Waals surface area contributed by atoms with Gasteiger partial charge in [-0.2, -0.15) is 0 Å². The Morgan fingerprint density at radius 2 is 1.90 bits per heavy atom. The van der Waals surface area contributed by atoms with Gasteiger partial charge in [0.15, 0.2) is 0 Å². The van der Waals surface area contributed by atoms with Gasteiger partial charge in [-0.1, -0.05) is 26.2 Å². The number of nitrogens with one attached hydrogen (secondary N) is 1. The van der Waals surface area contributed by atoms with Crippen LogP contribution in [0.15, 0.2) is 0 Å². The van der Waals surface area contributed by atoms with Crippen LogP contribution in [-0.2, 0) is 4.79 Å². The summed E-state index contributed by atoms with van der Waals surface area (Å²) < 4.78 is 0. The largest absolute Gasteiger partial charge is 0.353 e. The summed E-state index contributed by atoms with van der Waals surface area (Å²) in [6.45, 7) is 2.26. The maximum absolute atomic E-state index is 12.5. The van der Waals surface area contributed by atoms with Crippen molar-refractivity contribution in [2.24, 2.45) is 29.4 Å². The maximum Gasteiger partial charge on any atom is 0.225 e. The Balaban J connectivity index is 0.00000147. The maximum atomic E-state index is 12.5. The Kier molecular flexibility index (Phi) is 5.36. The Morgan fingerprint density at radius 1 is 1.15 bits per heavy atom. The summed E-state index contributed by atoms with van der Waals surface area (Å²) in [4.78, 5) is 12.5. The minimum absolute atomic E-state index is 0. The number of hydrogen-bond donors (Lipinski definition) is 2. The van der Waals surface area contributed by atoms with E-state index in [1.807, 2.05) is 0 Å². The first-order chi connectivity index (χ1) is 9.19. The fourth-order valence-corrected chi connectivity index (χ4v) is 4.82. The quantitative estimate of drug-likeness (QED) is 0.842. The molecule has 3 aliphatic carbocycles. The topological polar surface area (TPSA) is 55.1 Å². The van der Waals surface area contributed by atoms with Crippen molar-refractivity contribution in [3.05, 3.63) is 0 Å². The van der Waals surface area contributed by atoms with Gasteiger partial charge in [-0.05, 0) is 49.9 Å². The van der Waals surface area contributed by atoms with Gasteiger partial charge in [0.05, 0.1) is 5.92 Å². The molecule has 3 N–H and O–H groups in total. The summed E-state index contributed by atoms with van der Waals surface area (Å²) in [6.07, 6.45) is 9.87. The third-order valence-corrected chi connectivity index (χ3v) is 5.99. The fourth-order valence-electron chi connectivity index (χ4n) is 4.82. The van der Waals surface area contributed by atoms with Crippen molar-refractivity contribution in [2.75, 3.05) is 0 Å². The average Bonchev–Trinajstić information content (AvgIpc) is 2.99. The van der Waals surface area contributed by atoms with E-state index in [4.69, 9.17) is 5.73 Å². The zero-order valence-corrected chi connectivity index (χ0v) is 13.3. The van der Waals surface area contributed by atoms with Gasteiger partial charge >= 0.3 is 0 Å². The van der Waals surface area contributed by atoms with E-state index in [9.17, 15) is 4.79 Å². The predicted octanol–water partition coefficient (Wildman–Crippen LogP) is 2.87. The normalized spacial score (nSPS) is 43.1. The average molecular weight is 301 g/mol. The number of carbonyl (C=O) groups excluding carboxylic acids is 1. The van der Waals surface area contributed by atoms with Gasteiger partial charge in [-0.15, -0.1) is 12.4 Å². The molecule has 3 aliphatic rings. The number of rotatable bonds is 3. The van der Waals surface area contributed by atoms with Crippen molar-refractivity contribution < 1.29 is 4.79 Å². The SMILES string of the molecule is CCC1CCCC(NC(=O)C2C3CCC(C3)C2N)C1.Cl. The van der Waals surface area contributed by atoms with Crippen LogP contribution in [0, 0.1) is 23.7 Å². The van der Waals surface area contributed by atoms with E-state index in [1.54, 1.807) is 0 Å².